The number of hydrogen-bond acceptors (Lipinski definition) is 4. The first-order valence-corrected chi connectivity index (χ1v) is 7.93. The molecule has 1 aliphatic rings. The van der Waals surface area contributed by atoms with Crippen molar-refractivity contribution < 1.29 is 13.2 Å². The van der Waals surface area contributed by atoms with Gasteiger partial charge in [-0.2, -0.15) is 4.31 Å². The summed E-state index contributed by atoms with van der Waals surface area (Å²) in [6.45, 7) is 3.06. The molecule has 0 aromatic heterocycles. The Hall–Kier alpha value is -0.820. The van der Waals surface area contributed by atoms with Gasteiger partial charge in [0.1, 0.15) is 4.90 Å². The molecule has 0 radical (unpaired) electrons. The quantitative estimate of drug-likeness (QED) is 0.863. The average molecular weight is 305 g/mol. The van der Waals surface area contributed by atoms with Gasteiger partial charge in [0.25, 0.3) is 0 Å². The smallest absolute Gasteiger partial charge is 0.244 e. The van der Waals surface area contributed by atoms with Gasteiger partial charge in [0.2, 0.25) is 10.0 Å². The summed E-state index contributed by atoms with van der Waals surface area (Å²) in [4.78, 5) is 0.0610. The molecular formula is C12H17ClN2O3S. The van der Waals surface area contributed by atoms with E-state index in [1.54, 1.807) is 6.07 Å². The fourth-order valence-corrected chi connectivity index (χ4v) is 3.98. The van der Waals surface area contributed by atoms with E-state index >= 15 is 0 Å². The summed E-state index contributed by atoms with van der Waals surface area (Å²) in [7, 11) is -3.62. The average Bonchev–Trinajstić information content (AvgIpc) is 2.41. The van der Waals surface area contributed by atoms with Crippen LogP contribution in [0.25, 0.3) is 0 Å². The van der Waals surface area contributed by atoms with Crippen LogP contribution in [0.2, 0.25) is 5.02 Å². The van der Waals surface area contributed by atoms with Crippen molar-refractivity contribution in [1.82, 2.24) is 4.31 Å². The van der Waals surface area contributed by atoms with Crippen LogP contribution in [0, 0.1) is 0 Å². The molecule has 0 saturated carbocycles. The second-order valence-electron chi connectivity index (χ2n) is 4.45. The fourth-order valence-electron chi connectivity index (χ4n) is 2.01. The summed E-state index contributed by atoms with van der Waals surface area (Å²) >= 11 is 5.98. The number of hydrogen-bond donors (Lipinski definition) is 1. The molecule has 1 heterocycles. The van der Waals surface area contributed by atoms with Crippen LogP contribution in [0.3, 0.4) is 0 Å². The predicted octanol–water partition coefficient (Wildman–Crippen LogP) is 1.72. The van der Waals surface area contributed by atoms with Crippen LogP contribution in [0.15, 0.2) is 23.1 Å². The number of rotatable bonds is 3. The lowest BCUT2D eigenvalue weighted by molar-refractivity contribution is -0.00277. The number of nitrogens with zero attached hydrogens (tertiary/aromatic N) is 1. The maximum absolute atomic E-state index is 12.6. The highest BCUT2D eigenvalue weighted by Gasteiger charge is 2.31. The summed E-state index contributed by atoms with van der Waals surface area (Å²) < 4.78 is 32.0. The molecule has 1 unspecified atom stereocenters. The minimum atomic E-state index is -3.62. The van der Waals surface area contributed by atoms with E-state index in [9.17, 15) is 8.42 Å². The van der Waals surface area contributed by atoms with E-state index in [-0.39, 0.29) is 16.0 Å². The second kappa shape index (κ2) is 5.66. The third-order valence-corrected chi connectivity index (χ3v) is 5.48. The molecule has 1 fully saturated rings. The van der Waals surface area contributed by atoms with E-state index in [1.807, 2.05) is 6.92 Å². The molecule has 1 atom stereocenters. The minimum Gasteiger partial charge on any atom is -0.399 e. The Balaban J connectivity index is 2.34. The van der Waals surface area contributed by atoms with Crippen LogP contribution in [0.1, 0.15) is 13.3 Å². The Morgan fingerprint density at radius 2 is 2.26 bits per heavy atom. The maximum atomic E-state index is 12.6. The highest BCUT2D eigenvalue weighted by Crippen LogP contribution is 2.28. The molecule has 0 amide bonds. The van der Waals surface area contributed by atoms with Gasteiger partial charge in [-0.15, -0.1) is 0 Å². The van der Waals surface area contributed by atoms with Crippen LogP contribution in [-0.2, 0) is 14.8 Å². The van der Waals surface area contributed by atoms with E-state index in [4.69, 9.17) is 22.1 Å². The third-order valence-electron chi connectivity index (χ3n) is 3.13. The Labute approximate surface area is 118 Å². The molecule has 1 aromatic carbocycles. The molecule has 19 heavy (non-hydrogen) atoms. The Bertz CT molecular complexity index is 562. The lowest BCUT2D eigenvalue weighted by Crippen LogP contribution is -2.45. The molecule has 7 heteroatoms. The highest BCUT2D eigenvalue weighted by atomic mass is 35.5. The van der Waals surface area contributed by atoms with Gasteiger partial charge in [-0.25, -0.2) is 8.42 Å². The van der Waals surface area contributed by atoms with Crippen LogP contribution >= 0.6 is 11.6 Å². The van der Waals surface area contributed by atoms with Crippen molar-refractivity contribution in [3.8, 4) is 0 Å². The Kier molecular flexibility index (Phi) is 4.35. The lowest BCUT2D eigenvalue weighted by atomic mass is 10.2. The summed E-state index contributed by atoms with van der Waals surface area (Å²) in [6, 6.07) is 4.48. The molecule has 1 saturated heterocycles. The third kappa shape index (κ3) is 3.02. The van der Waals surface area contributed by atoms with Crippen LogP contribution in [-0.4, -0.2) is 38.5 Å². The van der Waals surface area contributed by atoms with Crippen molar-refractivity contribution >= 4 is 27.3 Å². The Morgan fingerprint density at radius 3 is 2.95 bits per heavy atom. The largest absolute Gasteiger partial charge is 0.399 e. The minimum absolute atomic E-state index is 0.0610. The molecule has 5 nitrogen and oxygen atoms in total. The summed E-state index contributed by atoms with van der Waals surface area (Å²) in [5, 5.41) is 0.189. The number of halogens is 1. The Morgan fingerprint density at radius 1 is 1.53 bits per heavy atom. The van der Waals surface area contributed by atoms with Crippen molar-refractivity contribution in [2.45, 2.75) is 24.3 Å². The van der Waals surface area contributed by atoms with Gasteiger partial charge in [0.05, 0.1) is 17.7 Å². The number of morpholine rings is 1. The highest BCUT2D eigenvalue weighted by molar-refractivity contribution is 7.89. The number of ether oxygens (including phenoxy) is 1. The standard InChI is InChI=1S/C12H17ClN2O3S/c1-2-10-8-15(5-6-18-10)19(16,17)12-7-9(14)3-4-11(12)13/h3-4,7,10H,2,5-6,8,14H2,1H3. The zero-order valence-corrected chi connectivity index (χ0v) is 12.2. The zero-order valence-electron chi connectivity index (χ0n) is 10.7. The van der Waals surface area contributed by atoms with Crippen LogP contribution in [0.4, 0.5) is 5.69 Å². The maximum Gasteiger partial charge on any atom is 0.244 e. The summed E-state index contributed by atoms with van der Waals surface area (Å²) in [5.74, 6) is 0. The van der Waals surface area contributed by atoms with Crippen molar-refractivity contribution in [3.63, 3.8) is 0 Å². The molecular weight excluding hydrogens is 288 g/mol. The molecule has 1 aromatic rings. The van der Waals surface area contributed by atoms with Gasteiger partial charge in [-0.1, -0.05) is 18.5 Å². The summed E-state index contributed by atoms with van der Waals surface area (Å²) in [6.07, 6.45) is 0.708. The lowest BCUT2D eigenvalue weighted by Gasteiger charge is -2.31. The van der Waals surface area contributed by atoms with Gasteiger partial charge in [-0.3, -0.25) is 0 Å². The van der Waals surface area contributed by atoms with E-state index < -0.39 is 10.0 Å². The van der Waals surface area contributed by atoms with Gasteiger partial charge in [0.15, 0.2) is 0 Å². The van der Waals surface area contributed by atoms with E-state index in [2.05, 4.69) is 0 Å². The molecule has 2 N–H and O–H groups in total. The molecule has 2 rings (SSSR count). The second-order valence-corrected chi connectivity index (χ2v) is 6.77. The number of benzene rings is 1. The van der Waals surface area contributed by atoms with E-state index in [1.165, 1.54) is 16.4 Å². The molecule has 1 aliphatic heterocycles. The normalized spacial score (nSPS) is 21.5. The topological polar surface area (TPSA) is 72.6 Å². The van der Waals surface area contributed by atoms with E-state index in [0.29, 0.717) is 25.4 Å². The molecule has 0 bridgehead atoms. The first-order chi connectivity index (χ1) is 8.95. The first-order valence-electron chi connectivity index (χ1n) is 6.12. The first kappa shape index (κ1) is 14.6. The van der Waals surface area contributed by atoms with Crippen LogP contribution in [0.5, 0.6) is 0 Å². The number of nitrogens with two attached hydrogens (primary N) is 1. The van der Waals surface area contributed by atoms with Crippen molar-refractivity contribution in [3.05, 3.63) is 23.2 Å². The van der Waals surface area contributed by atoms with Gasteiger partial charge in [-0.05, 0) is 24.6 Å². The van der Waals surface area contributed by atoms with Crippen molar-refractivity contribution in [1.29, 1.82) is 0 Å². The van der Waals surface area contributed by atoms with Gasteiger partial charge in [0, 0.05) is 18.8 Å². The summed E-state index contributed by atoms with van der Waals surface area (Å²) in [5.41, 5.74) is 6.02. The van der Waals surface area contributed by atoms with Crippen molar-refractivity contribution in [2.24, 2.45) is 0 Å². The van der Waals surface area contributed by atoms with E-state index in [0.717, 1.165) is 6.42 Å². The van der Waals surface area contributed by atoms with Crippen molar-refractivity contribution in [2.75, 3.05) is 25.4 Å². The monoisotopic (exact) mass is 304 g/mol. The SMILES string of the molecule is CCC1CN(S(=O)(=O)c2cc(N)ccc2Cl)CCO1. The predicted molar refractivity (Wildman–Crippen MR) is 74.7 cm³/mol. The molecule has 0 spiro atoms. The number of sulfonamides is 1. The van der Waals surface area contributed by atoms with Gasteiger partial charge >= 0.3 is 0 Å². The zero-order chi connectivity index (χ0) is 14.0. The van der Waals surface area contributed by atoms with Gasteiger partial charge < -0.3 is 10.5 Å². The fraction of sp³-hybridized carbons (Fsp3) is 0.500. The number of anilines is 1. The number of nitrogen functional groups attached to an aromatic ring is 1. The molecule has 106 valence electrons. The van der Waals surface area contributed by atoms with Crippen LogP contribution < -0.4 is 5.73 Å². The molecule has 0 aliphatic carbocycles.